The van der Waals surface area contributed by atoms with Crippen LogP contribution in [0.25, 0.3) is 0 Å². The highest BCUT2D eigenvalue weighted by Crippen LogP contribution is 2.45. The van der Waals surface area contributed by atoms with Crippen LogP contribution in [0.2, 0.25) is 0 Å². The molecule has 0 aromatic carbocycles. The Morgan fingerprint density at radius 1 is 0.750 bits per heavy atom. The molecule has 1 aliphatic carbocycles. The first-order valence-corrected chi connectivity index (χ1v) is 15.1. The molecule has 0 aromatic heterocycles. The van der Waals surface area contributed by atoms with Gasteiger partial charge in [-0.3, -0.25) is 4.79 Å². The van der Waals surface area contributed by atoms with Crippen LogP contribution < -0.4 is 0 Å². The molecule has 3 fully saturated rings. The zero-order valence-corrected chi connectivity index (χ0v) is 27.1. The summed E-state index contributed by atoms with van der Waals surface area (Å²) in [4.78, 5) is 74.6. The van der Waals surface area contributed by atoms with Gasteiger partial charge >= 0.3 is 35.8 Å². The Hall–Kier alpha value is -5.40. The van der Waals surface area contributed by atoms with Crippen LogP contribution >= 0.6 is 0 Å². The molecular formula is C34H36O14. The Kier molecular flexibility index (Phi) is 10.5. The van der Waals surface area contributed by atoms with E-state index in [4.69, 9.17) is 28.4 Å². The molecule has 0 bridgehead atoms. The summed E-state index contributed by atoms with van der Waals surface area (Å²) in [7, 11) is 1.20. The fraction of sp³-hybridized carbons (Fsp3) is 0.412. The van der Waals surface area contributed by atoms with Gasteiger partial charge in [0.15, 0.2) is 0 Å². The lowest BCUT2D eigenvalue weighted by molar-refractivity contribution is -0.297. The van der Waals surface area contributed by atoms with Gasteiger partial charge in [0.05, 0.1) is 13.5 Å². The maximum atomic E-state index is 12.9. The highest BCUT2D eigenvalue weighted by atomic mass is 16.8. The van der Waals surface area contributed by atoms with E-state index < -0.39 is 64.7 Å². The minimum Gasteiger partial charge on any atom is -0.480 e. The van der Waals surface area contributed by atoms with E-state index >= 15 is 0 Å². The lowest BCUT2D eigenvalue weighted by Gasteiger charge is -2.46. The molecular weight excluding hydrogens is 632 g/mol. The van der Waals surface area contributed by atoms with E-state index in [0.717, 1.165) is 5.57 Å². The van der Waals surface area contributed by atoms with Gasteiger partial charge in [-0.15, -0.1) is 0 Å². The van der Waals surface area contributed by atoms with Crippen LogP contribution in [0.15, 0.2) is 82.4 Å². The maximum Gasteiger partial charge on any atom is 0.348 e. The molecule has 256 valence electrons. The number of aliphatic hydroxyl groups excluding tert-OH is 1. The Bertz CT molecular complexity index is 1580. The van der Waals surface area contributed by atoms with Crippen molar-refractivity contribution in [2.75, 3.05) is 7.11 Å². The van der Waals surface area contributed by atoms with Crippen molar-refractivity contribution in [2.24, 2.45) is 0 Å². The van der Waals surface area contributed by atoms with Gasteiger partial charge in [0.1, 0.15) is 16.7 Å². The molecule has 1 N–H and O–H groups in total. The number of esters is 6. The van der Waals surface area contributed by atoms with Gasteiger partial charge in [0.25, 0.3) is 23.3 Å². The second kappa shape index (κ2) is 14.2. The van der Waals surface area contributed by atoms with Crippen LogP contribution in [0.3, 0.4) is 0 Å². The first-order valence-electron chi connectivity index (χ1n) is 15.1. The van der Waals surface area contributed by atoms with Crippen LogP contribution in [0, 0.1) is 0 Å². The first-order chi connectivity index (χ1) is 22.6. The summed E-state index contributed by atoms with van der Waals surface area (Å²) < 4.78 is 37.2. The molecule has 4 rings (SSSR count). The molecule has 0 amide bonds. The number of hydrogen-bond donors (Lipinski definition) is 1. The molecule has 0 radical (unpaired) electrons. The summed E-state index contributed by atoms with van der Waals surface area (Å²) in [5.41, 5.74) is 0.304. The van der Waals surface area contributed by atoms with E-state index in [9.17, 15) is 33.9 Å². The third-order valence-electron chi connectivity index (χ3n) is 7.82. The van der Waals surface area contributed by atoms with E-state index in [0.29, 0.717) is 5.57 Å². The minimum atomic E-state index is -1.63. The summed E-state index contributed by atoms with van der Waals surface area (Å²) in [6.45, 7) is 6.58. The lowest BCUT2D eigenvalue weighted by Crippen LogP contribution is -2.54. The number of methoxy groups -OCH3 is 1. The first kappa shape index (κ1) is 35.5. The molecule has 14 nitrogen and oxygen atoms in total. The monoisotopic (exact) mass is 668 g/mol. The summed E-state index contributed by atoms with van der Waals surface area (Å²) in [5, 5.41) is 10.6. The van der Waals surface area contributed by atoms with Crippen molar-refractivity contribution in [3.63, 3.8) is 0 Å². The molecule has 0 aromatic rings. The van der Waals surface area contributed by atoms with Crippen LogP contribution in [0.1, 0.15) is 66.2 Å². The van der Waals surface area contributed by atoms with Gasteiger partial charge in [-0.1, -0.05) is 41.5 Å². The van der Waals surface area contributed by atoms with Gasteiger partial charge < -0.3 is 38.3 Å². The number of rotatable bonds is 8. The molecule has 4 aliphatic rings. The third-order valence-corrected chi connectivity index (χ3v) is 7.82. The van der Waals surface area contributed by atoms with Gasteiger partial charge in [-0.25, -0.2) is 24.0 Å². The van der Waals surface area contributed by atoms with Crippen LogP contribution in [-0.4, -0.2) is 65.4 Å². The van der Waals surface area contributed by atoms with Gasteiger partial charge in [0.2, 0.25) is 0 Å². The fourth-order valence-corrected chi connectivity index (χ4v) is 5.10. The molecule has 48 heavy (non-hydrogen) atoms. The lowest BCUT2D eigenvalue weighted by atomic mass is 9.87. The van der Waals surface area contributed by atoms with Crippen molar-refractivity contribution in [1.29, 1.82) is 0 Å². The number of carbonyl (C=O) groups is 6. The largest absolute Gasteiger partial charge is 0.480 e. The smallest absolute Gasteiger partial charge is 0.348 e. The zero-order valence-electron chi connectivity index (χ0n) is 27.1. The third kappa shape index (κ3) is 8.11. The van der Waals surface area contributed by atoms with Crippen molar-refractivity contribution in [3.05, 3.63) is 82.4 Å². The standard InChI is InChI=1S/C34H36O14/c1-6-7-20(2)8-11-23-28(38)45-33(46-29(23)39)16-18-34(19-17-33)47-30(40)24(31(41)48-34)13-10-21(3)9-12-22-26(36)43-32(4,44-27(22)37)15-14-25(35)42-5/h6-13,40H,14-19H2,1-5H3/b7-6+,13-10+,20-8+,21-9+,22-12?,23-11?. The number of aliphatic hydroxyl groups is 1. The van der Waals surface area contributed by atoms with Crippen molar-refractivity contribution in [2.45, 2.75) is 83.6 Å². The molecule has 0 atom stereocenters. The molecule has 2 saturated heterocycles. The summed E-state index contributed by atoms with van der Waals surface area (Å²) in [5.74, 6) is -10.5. The van der Waals surface area contributed by atoms with Gasteiger partial charge in [-0.2, -0.15) is 0 Å². The Morgan fingerprint density at radius 3 is 1.69 bits per heavy atom. The molecule has 3 aliphatic heterocycles. The highest BCUT2D eigenvalue weighted by Gasteiger charge is 2.56. The molecule has 1 saturated carbocycles. The Labute approximate surface area is 275 Å². The molecule has 3 heterocycles. The quantitative estimate of drug-likeness (QED) is 0.128. The minimum absolute atomic E-state index is 0.0528. The van der Waals surface area contributed by atoms with Crippen LogP contribution in [0.5, 0.6) is 0 Å². The van der Waals surface area contributed by atoms with E-state index in [1.165, 1.54) is 44.4 Å². The molecule has 0 unspecified atom stereocenters. The SMILES string of the molecule is C/C=C/C(C)=C/C=C1C(=O)OC2(CCC3(CC2)OC(=O)C(/C=C/C(C)=C/C=C2C(=O)OC(C)(CCC(=O)OC)OC2=O)=C(O)O3)OC1=O. The fourth-order valence-electron chi connectivity index (χ4n) is 5.10. The maximum absolute atomic E-state index is 12.9. The van der Waals surface area contributed by atoms with Gasteiger partial charge in [-0.05, 0) is 39.0 Å². The molecule has 2 spiro atoms. The molecule has 14 heteroatoms. The van der Waals surface area contributed by atoms with Crippen molar-refractivity contribution in [1.82, 2.24) is 0 Å². The van der Waals surface area contributed by atoms with Crippen molar-refractivity contribution in [3.8, 4) is 0 Å². The zero-order chi connectivity index (χ0) is 35.3. The summed E-state index contributed by atoms with van der Waals surface area (Å²) in [6, 6.07) is 0. The van der Waals surface area contributed by atoms with E-state index in [-0.39, 0.29) is 49.7 Å². The average Bonchev–Trinajstić information content (AvgIpc) is 3.00. The number of carbonyl (C=O) groups excluding carboxylic acids is 6. The van der Waals surface area contributed by atoms with Gasteiger partial charge in [0, 0.05) is 39.0 Å². The van der Waals surface area contributed by atoms with Crippen molar-refractivity contribution < 1.29 is 67.0 Å². The van der Waals surface area contributed by atoms with E-state index in [2.05, 4.69) is 4.74 Å². The Balaban J connectivity index is 1.37. The predicted molar refractivity (Wildman–Crippen MR) is 162 cm³/mol. The predicted octanol–water partition coefficient (Wildman–Crippen LogP) is 4.04. The summed E-state index contributed by atoms with van der Waals surface area (Å²) in [6.07, 6.45) is 11.3. The van der Waals surface area contributed by atoms with Crippen LogP contribution in [-0.2, 0) is 61.9 Å². The van der Waals surface area contributed by atoms with E-state index in [1.54, 1.807) is 26.0 Å². The van der Waals surface area contributed by atoms with Crippen molar-refractivity contribution >= 4 is 35.8 Å². The highest BCUT2D eigenvalue weighted by molar-refractivity contribution is 6.16. The number of cyclic esters (lactones) is 2. The second-order valence-corrected chi connectivity index (χ2v) is 11.6. The number of allylic oxidation sites excluding steroid dienone is 9. The second-order valence-electron chi connectivity index (χ2n) is 11.6. The number of ether oxygens (including phenoxy) is 7. The van der Waals surface area contributed by atoms with Crippen LogP contribution in [0.4, 0.5) is 0 Å². The average molecular weight is 669 g/mol. The Morgan fingerprint density at radius 2 is 1.21 bits per heavy atom. The summed E-state index contributed by atoms with van der Waals surface area (Å²) >= 11 is 0. The normalized spacial score (nSPS) is 28.2. The number of hydrogen-bond acceptors (Lipinski definition) is 14. The van der Waals surface area contributed by atoms with E-state index in [1.807, 2.05) is 13.0 Å². The topological polar surface area (TPSA) is 187 Å².